The first-order chi connectivity index (χ1) is 7.77. The van der Waals surface area contributed by atoms with Crippen molar-refractivity contribution in [1.29, 1.82) is 0 Å². The molecule has 2 rings (SSSR count). The topological polar surface area (TPSA) is 52.6 Å². The van der Waals surface area contributed by atoms with Crippen molar-refractivity contribution in [3.05, 3.63) is 24.3 Å². The third-order valence-corrected chi connectivity index (χ3v) is 4.53. The van der Waals surface area contributed by atoms with E-state index in [1.165, 1.54) is 10.6 Å². The van der Waals surface area contributed by atoms with Gasteiger partial charge in [-0.3, -0.25) is 4.18 Å². The molecule has 0 radical (unpaired) electrons. The molecule has 0 saturated carbocycles. The number of hydrogen-bond acceptors (Lipinski definition) is 6. The van der Waals surface area contributed by atoms with Crippen LogP contribution in [0.25, 0.3) is 0 Å². The maximum atomic E-state index is 10.1. The molecule has 7 heteroatoms. The van der Waals surface area contributed by atoms with Crippen LogP contribution >= 0.6 is 23.7 Å². The summed E-state index contributed by atoms with van der Waals surface area (Å²) >= 11 is 0.965. The first-order valence-corrected chi connectivity index (χ1v) is 7.55. The maximum absolute atomic E-state index is 10.1. The van der Waals surface area contributed by atoms with Gasteiger partial charge in [0.25, 0.3) is 0 Å². The third-order valence-electron chi connectivity index (χ3n) is 1.98. The van der Waals surface area contributed by atoms with Crippen molar-refractivity contribution in [2.75, 3.05) is 22.5 Å². The molecule has 1 heterocycles. The Hall–Kier alpha value is -0.210. The van der Waals surface area contributed by atoms with E-state index in [0.717, 1.165) is 5.88 Å². The SMILES string of the molecule is O=S([O-])OCCSN1CSc2ccccc21. The van der Waals surface area contributed by atoms with Crippen molar-refractivity contribution in [2.24, 2.45) is 0 Å². The van der Waals surface area contributed by atoms with Crippen molar-refractivity contribution < 1.29 is 12.9 Å². The van der Waals surface area contributed by atoms with Crippen molar-refractivity contribution in [3.63, 3.8) is 0 Å². The number of thioether (sulfide) groups is 1. The number of fused-ring (bicyclic) bond motifs is 1. The Morgan fingerprint density at radius 1 is 1.56 bits per heavy atom. The highest BCUT2D eigenvalue weighted by atomic mass is 32.2. The van der Waals surface area contributed by atoms with Gasteiger partial charge in [-0.25, -0.2) is 4.21 Å². The minimum Gasteiger partial charge on any atom is -0.750 e. The zero-order chi connectivity index (χ0) is 11.4. The van der Waals surface area contributed by atoms with E-state index >= 15 is 0 Å². The molecular weight excluding hydrogens is 266 g/mol. The Morgan fingerprint density at radius 3 is 3.19 bits per heavy atom. The fourth-order valence-electron chi connectivity index (χ4n) is 1.34. The van der Waals surface area contributed by atoms with Crippen LogP contribution in [0.2, 0.25) is 0 Å². The van der Waals surface area contributed by atoms with Gasteiger partial charge in [-0.1, -0.05) is 12.1 Å². The normalized spacial score (nSPS) is 16.2. The quantitative estimate of drug-likeness (QED) is 0.466. The first kappa shape index (κ1) is 12.3. The van der Waals surface area contributed by atoms with Crippen LogP contribution in [-0.4, -0.2) is 27.0 Å². The van der Waals surface area contributed by atoms with Gasteiger partial charge >= 0.3 is 0 Å². The second-order valence-electron chi connectivity index (χ2n) is 2.98. The lowest BCUT2D eigenvalue weighted by atomic mass is 10.3. The van der Waals surface area contributed by atoms with E-state index in [0.29, 0.717) is 5.75 Å². The lowest BCUT2D eigenvalue weighted by Gasteiger charge is -2.16. The molecule has 1 aromatic rings. The van der Waals surface area contributed by atoms with Crippen LogP contribution in [0, 0.1) is 0 Å². The summed E-state index contributed by atoms with van der Waals surface area (Å²) in [5.74, 6) is 1.52. The Balaban J connectivity index is 1.82. The number of para-hydroxylation sites is 1. The summed E-state index contributed by atoms with van der Waals surface area (Å²) in [6.45, 7) is 0.212. The Morgan fingerprint density at radius 2 is 2.38 bits per heavy atom. The molecule has 0 amide bonds. The molecule has 0 spiro atoms. The molecule has 0 aromatic heterocycles. The summed E-state index contributed by atoms with van der Waals surface area (Å²) in [7, 11) is 0. The molecule has 1 aliphatic rings. The molecule has 1 unspecified atom stereocenters. The summed E-state index contributed by atoms with van der Waals surface area (Å²) in [5, 5.41) is 0. The molecular formula is C9H10NO3S3-. The average Bonchev–Trinajstić information content (AvgIpc) is 2.68. The van der Waals surface area contributed by atoms with Crippen molar-refractivity contribution in [3.8, 4) is 0 Å². The number of rotatable bonds is 5. The molecule has 1 atom stereocenters. The average molecular weight is 276 g/mol. The standard InChI is InChI=1S/C9H11NO3S3/c11-16(12)13-5-6-15-10-7-14-9-4-2-1-3-8(9)10/h1-4H,5-7H2,(H,11,12)/p-1. The van der Waals surface area contributed by atoms with Gasteiger partial charge in [0.2, 0.25) is 0 Å². The predicted molar refractivity (Wildman–Crippen MR) is 67.0 cm³/mol. The molecule has 0 bridgehead atoms. The summed E-state index contributed by atoms with van der Waals surface area (Å²) in [4.78, 5) is 1.27. The Labute approximate surface area is 105 Å². The van der Waals surface area contributed by atoms with Gasteiger partial charge in [0.05, 0.1) is 29.5 Å². The van der Waals surface area contributed by atoms with Crippen LogP contribution < -0.4 is 4.31 Å². The van der Waals surface area contributed by atoms with Gasteiger partial charge in [0.15, 0.2) is 0 Å². The summed E-state index contributed by atoms with van der Waals surface area (Å²) < 4.78 is 26.9. The fourth-order valence-corrected chi connectivity index (χ4v) is 3.75. The van der Waals surface area contributed by atoms with Crippen LogP contribution in [0.4, 0.5) is 5.69 Å². The second kappa shape index (κ2) is 5.92. The number of nitrogens with zero attached hydrogens (tertiary/aromatic N) is 1. The highest BCUT2D eigenvalue weighted by molar-refractivity contribution is 8.04. The highest BCUT2D eigenvalue weighted by Crippen LogP contribution is 2.41. The van der Waals surface area contributed by atoms with Crippen molar-refractivity contribution in [1.82, 2.24) is 0 Å². The van der Waals surface area contributed by atoms with Crippen LogP contribution in [0.5, 0.6) is 0 Å². The fraction of sp³-hybridized carbons (Fsp3) is 0.333. The van der Waals surface area contributed by atoms with Crippen LogP contribution in [0.1, 0.15) is 0 Å². The van der Waals surface area contributed by atoms with Gasteiger partial charge in [0.1, 0.15) is 0 Å². The van der Waals surface area contributed by atoms with Crippen LogP contribution in [-0.2, 0) is 15.5 Å². The molecule has 4 nitrogen and oxygen atoms in total. The smallest absolute Gasteiger partial charge is 0.0842 e. The summed E-state index contributed by atoms with van der Waals surface area (Å²) in [6.07, 6.45) is 0. The van der Waals surface area contributed by atoms with E-state index in [9.17, 15) is 8.76 Å². The largest absolute Gasteiger partial charge is 0.750 e. The monoisotopic (exact) mass is 276 g/mol. The molecule has 0 fully saturated rings. The van der Waals surface area contributed by atoms with Gasteiger partial charge in [0, 0.05) is 10.6 Å². The Bertz CT molecular complexity index is 388. The maximum Gasteiger partial charge on any atom is 0.0842 e. The molecule has 1 aromatic carbocycles. The van der Waals surface area contributed by atoms with Gasteiger partial charge in [-0.2, -0.15) is 0 Å². The zero-order valence-electron chi connectivity index (χ0n) is 8.33. The number of benzene rings is 1. The third kappa shape index (κ3) is 3.14. The van der Waals surface area contributed by atoms with Crippen molar-refractivity contribution >= 4 is 40.8 Å². The second-order valence-corrected chi connectivity index (χ2v) is 5.72. The van der Waals surface area contributed by atoms with E-state index < -0.39 is 11.4 Å². The number of anilines is 1. The van der Waals surface area contributed by atoms with E-state index in [4.69, 9.17) is 0 Å². The van der Waals surface area contributed by atoms with E-state index in [1.807, 2.05) is 12.1 Å². The van der Waals surface area contributed by atoms with Gasteiger partial charge in [-0.05, 0) is 24.1 Å². The molecule has 16 heavy (non-hydrogen) atoms. The van der Waals surface area contributed by atoms with Crippen LogP contribution in [0.3, 0.4) is 0 Å². The van der Waals surface area contributed by atoms with E-state index in [-0.39, 0.29) is 6.61 Å². The molecule has 0 aliphatic carbocycles. The molecule has 0 N–H and O–H groups in total. The Kier molecular flexibility index (Phi) is 4.54. The highest BCUT2D eigenvalue weighted by Gasteiger charge is 2.18. The lowest BCUT2D eigenvalue weighted by molar-refractivity contribution is 0.320. The summed E-state index contributed by atoms with van der Waals surface area (Å²) in [6, 6.07) is 8.17. The minimum atomic E-state index is -2.40. The zero-order valence-corrected chi connectivity index (χ0v) is 10.8. The molecule has 1 aliphatic heterocycles. The van der Waals surface area contributed by atoms with Crippen LogP contribution in [0.15, 0.2) is 29.2 Å². The van der Waals surface area contributed by atoms with Gasteiger partial charge in [-0.15, -0.1) is 11.8 Å². The summed E-state index contributed by atoms with van der Waals surface area (Å²) in [5.41, 5.74) is 1.20. The predicted octanol–water partition coefficient (Wildman–Crippen LogP) is 2.02. The van der Waals surface area contributed by atoms with E-state index in [1.54, 1.807) is 23.7 Å². The van der Waals surface area contributed by atoms with Gasteiger partial charge < -0.3 is 8.86 Å². The van der Waals surface area contributed by atoms with E-state index in [2.05, 4.69) is 20.6 Å². The number of hydrogen-bond donors (Lipinski definition) is 0. The lowest BCUT2D eigenvalue weighted by Crippen LogP contribution is -2.12. The molecule has 88 valence electrons. The molecule has 0 saturated heterocycles. The van der Waals surface area contributed by atoms with Crippen molar-refractivity contribution in [2.45, 2.75) is 4.90 Å². The minimum absolute atomic E-state index is 0.212. The first-order valence-electron chi connectivity index (χ1n) is 4.62.